The van der Waals surface area contributed by atoms with Gasteiger partial charge in [0.05, 0.1) is 10.6 Å². The van der Waals surface area contributed by atoms with Gasteiger partial charge >= 0.3 is 0 Å². The van der Waals surface area contributed by atoms with Crippen molar-refractivity contribution in [2.24, 2.45) is 0 Å². The highest BCUT2D eigenvalue weighted by molar-refractivity contribution is 7.91. The minimum absolute atomic E-state index is 0.0870. The molecule has 0 amide bonds. The Balaban J connectivity index is 2.74. The molecule has 1 N–H and O–H groups in total. The van der Waals surface area contributed by atoms with Crippen molar-refractivity contribution >= 4 is 26.3 Å². The highest BCUT2D eigenvalue weighted by atomic mass is 32.2. The smallest absolute Gasteiger partial charge is 0.178 e. The lowest BCUT2D eigenvalue weighted by molar-refractivity contribution is 0.594. The van der Waals surface area contributed by atoms with E-state index in [1.165, 1.54) is 0 Å². The number of hydrogen-bond acceptors (Lipinski definition) is 4. The van der Waals surface area contributed by atoms with Gasteiger partial charge in [0.1, 0.15) is 0 Å². The van der Waals surface area contributed by atoms with Crippen molar-refractivity contribution in [3.05, 3.63) is 24.3 Å². The molecule has 6 heteroatoms. The minimum atomic E-state index is -3.15. The number of nitrogens with one attached hydrogen (secondary N) is 1. The van der Waals surface area contributed by atoms with Crippen LogP contribution in [0.4, 0.5) is 5.69 Å². The molecule has 2 unspecified atom stereocenters. The zero-order valence-corrected chi connectivity index (χ0v) is 13.2. The summed E-state index contributed by atoms with van der Waals surface area (Å²) in [5.74, 6) is 0.737. The van der Waals surface area contributed by atoms with E-state index in [-0.39, 0.29) is 11.8 Å². The molecular weight excluding hydrogens is 282 g/mol. The third kappa shape index (κ3) is 5.32. The molecule has 0 fully saturated rings. The van der Waals surface area contributed by atoms with E-state index >= 15 is 0 Å². The third-order valence-electron chi connectivity index (χ3n) is 2.58. The van der Waals surface area contributed by atoms with E-state index in [2.05, 4.69) is 5.32 Å². The van der Waals surface area contributed by atoms with Crippen molar-refractivity contribution in [3.8, 4) is 0 Å². The first-order chi connectivity index (χ1) is 8.85. The molecule has 19 heavy (non-hydrogen) atoms. The average Bonchev–Trinajstić information content (AvgIpc) is 2.28. The quantitative estimate of drug-likeness (QED) is 0.837. The number of hydrogen-bond donors (Lipinski definition) is 1. The fourth-order valence-electron chi connectivity index (χ4n) is 1.82. The third-order valence-corrected chi connectivity index (χ3v) is 5.49. The molecule has 108 valence electrons. The number of anilines is 1. The summed E-state index contributed by atoms with van der Waals surface area (Å²) in [6.45, 7) is 3.79. The van der Waals surface area contributed by atoms with E-state index in [0.29, 0.717) is 17.1 Å². The Hall–Kier alpha value is -0.880. The summed E-state index contributed by atoms with van der Waals surface area (Å²) >= 11 is 0. The molecule has 2 atom stereocenters. The fourth-order valence-corrected chi connectivity index (χ4v) is 3.93. The van der Waals surface area contributed by atoms with E-state index in [9.17, 15) is 12.6 Å². The van der Waals surface area contributed by atoms with Crippen molar-refractivity contribution in [2.45, 2.75) is 31.2 Å². The van der Waals surface area contributed by atoms with Crippen LogP contribution in [0.15, 0.2) is 29.2 Å². The Morgan fingerprint density at radius 3 is 2.32 bits per heavy atom. The maximum Gasteiger partial charge on any atom is 0.178 e. The summed E-state index contributed by atoms with van der Waals surface area (Å²) < 4.78 is 34.8. The van der Waals surface area contributed by atoms with Crippen LogP contribution in [0.2, 0.25) is 0 Å². The molecule has 1 aromatic carbocycles. The van der Waals surface area contributed by atoms with Gasteiger partial charge in [0.15, 0.2) is 9.84 Å². The summed E-state index contributed by atoms with van der Waals surface area (Å²) in [4.78, 5) is 0.353. The molecule has 0 bridgehead atoms. The molecule has 0 spiro atoms. The lowest BCUT2D eigenvalue weighted by atomic mass is 10.3. The molecule has 0 heterocycles. The van der Waals surface area contributed by atoms with Gasteiger partial charge in [-0.1, -0.05) is 6.92 Å². The van der Waals surface area contributed by atoms with Crippen LogP contribution in [-0.4, -0.2) is 36.4 Å². The predicted octanol–water partition coefficient (Wildman–Crippen LogP) is 2.05. The molecule has 1 rings (SSSR count). The van der Waals surface area contributed by atoms with Crippen molar-refractivity contribution in [3.63, 3.8) is 0 Å². The van der Waals surface area contributed by atoms with Crippen molar-refractivity contribution in [2.75, 3.05) is 23.1 Å². The summed E-state index contributed by atoms with van der Waals surface area (Å²) in [6.07, 6.45) is 2.28. The van der Waals surface area contributed by atoms with E-state index in [1.807, 2.05) is 13.8 Å². The van der Waals surface area contributed by atoms with E-state index in [0.717, 1.165) is 5.69 Å². The lowest BCUT2D eigenvalue weighted by Crippen LogP contribution is -2.22. The van der Waals surface area contributed by atoms with E-state index < -0.39 is 20.6 Å². The molecule has 0 saturated carbocycles. The molecule has 1 aromatic rings. The second kappa shape index (κ2) is 7.05. The topological polar surface area (TPSA) is 63.2 Å². The van der Waals surface area contributed by atoms with Gasteiger partial charge in [-0.3, -0.25) is 4.21 Å². The highest BCUT2D eigenvalue weighted by Crippen LogP contribution is 2.16. The van der Waals surface area contributed by atoms with Gasteiger partial charge in [-0.05, 0) is 37.6 Å². The first kappa shape index (κ1) is 16.2. The van der Waals surface area contributed by atoms with Gasteiger partial charge in [0.2, 0.25) is 0 Å². The zero-order chi connectivity index (χ0) is 14.5. The Bertz CT molecular complexity index is 523. The molecular formula is C13H21NO3S2. The SMILES string of the molecule is CCCS(=O)(=O)c1ccc(NC(C)CS(C)=O)cc1. The Kier molecular flexibility index (Phi) is 6.00. The van der Waals surface area contributed by atoms with Gasteiger partial charge in [-0.25, -0.2) is 8.42 Å². The number of benzene rings is 1. The van der Waals surface area contributed by atoms with Crippen molar-refractivity contribution < 1.29 is 12.6 Å². The van der Waals surface area contributed by atoms with Crippen molar-refractivity contribution in [1.82, 2.24) is 0 Å². The maximum atomic E-state index is 11.9. The van der Waals surface area contributed by atoms with Crippen LogP contribution in [0.1, 0.15) is 20.3 Å². The van der Waals surface area contributed by atoms with Gasteiger partial charge < -0.3 is 5.32 Å². The average molecular weight is 303 g/mol. The zero-order valence-electron chi connectivity index (χ0n) is 11.5. The van der Waals surface area contributed by atoms with Gasteiger partial charge in [0, 0.05) is 34.5 Å². The van der Waals surface area contributed by atoms with Crippen molar-refractivity contribution in [1.29, 1.82) is 0 Å². The second-order valence-corrected chi connectivity index (χ2v) is 8.22. The summed E-state index contributed by atoms with van der Waals surface area (Å²) in [5.41, 5.74) is 0.841. The van der Waals surface area contributed by atoms with Crippen LogP contribution in [0.3, 0.4) is 0 Å². The predicted molar refractivity (Wildman–Crippen MR) is 80.8 cm³/mol. The monoisotopic (exact) mass is 303 g/mol. The Labute approximate surface area is 118 Å². The normalized spacial score (nSPS) is 14.9. The van der Waals surface area contributed by atoms with E-state index in [1.54, 1.807) is 30.5 Å². The summed E-state index contributed by atoms with van der Waals surface area (Å²) in [7, 11) is -4.00. The van der Waals surface area contributed by atoms with E-state index in [4.69, 9.17) is 0 Å². The van der Waals surface area contributed by atoms with Crippen LogP contribution in [-0.2, 0) is 20.6 Å². The molecule has 0 aromatic heterocycles. The lowest BCUT2D eigenvalue weighted by Gasteiger charge is -2.14. The molecule has 0 aliphatic rings. The highest BCUT2D eigenvalue weighted by Gasteiger charge is 2.12. The van der Waals surface area contributed by atoms with Gasteiger partial charge in [-0.2, -0.15) is 0 Å². The van der Waals surface area contributed by atoms with Crippen LogP contribution in [0, 0.1) is 0 Å². The molecule has 0 saturated heterocycles. The van der Waals surface area contributed by atoms with Gasteiger partial charge in [-0.15, -0.1) is 0 Å². The van der Waals surface area contributed by atoms with Crippen LogP contribution >= 0.6 is 0 Å². The molecule has 0 aliphatic carbocycles. The van der Waals surface area contributed by atoms with Crippen LogP contribution in [0.25, 0.3) is 0 Å². The largest absolute Gasteiger partial charge is 0.382 e. The van der Waals surface area contributed by atoms with Crippen LogP contribution < -0.4 is 5.32 Å². The summed E-state index contributed by atoms with van der Waals surface area (Å²) in [6, 6.07) is 6.81. The first-order valence-electron chi connectivity index (χ1n) is 6.24. The van der Waals surface area contributed by atoms with Gasteiger partial charge in [0.25, 0.3) is 0 Å². The molecule has 0 radical (unpaired) electrons. The van der Waals surface area contributed by atoms with Crippen LogP contribution in [0.5, 0.6) is 0 Å². The molecule has 0 aliphatic heterocycles. The maximum absolute atomic E-state index is 11.9. The second-order valence-electron chi connectivity index (χ2n) is 4.63. The Morgan fingerprint density at radius 1 is 1.26 bits per heavy atom. The minimum Gasteiger partial charge on any atom is -0.382 e. The number of sulfone groups is 1. The fraction of sp³-hybridized carbons (Fsp3) is 0.538. The standard InChI is InChI=1S/C13H21NO3S2/c1-4-9-19(16,17)13-7-5-12(6-8-13)14-11(2)10-18(3)15/h5-8,11,14H,4,9-10H2,1-3H3. The number of rotatable bonds is 7. The molecule has 4 nitrogen and oxygen atoms in total. The first-order valence-corrected chi connectivity index (χ1v) is 9.62. The Morgan fingerprint density at radius 2 is 1.84 bits per heavy atom. The summed E-state index contributed by atoms with van der Waals surface area (Å²) in [5, 5.41) is 3.20.